The first-order valence-corrected chi connectivity index (χ1v) is 3.19. The monoisotopic (exact) mass is 200 g/mol. The maximum absolute atomic E-state index is 3.97. The fourth-order valence-electron chi connectivity index (χ4n) is 1.00. The number of nitrogens with zero attached hydrogens (tertiary/aromatic N) is 1. The van der Waals surface area contributed by atoms with E-state index in [0.717, 1.165) is 0 Å². The van der Waals surface area contributed by atoms with Crippen molar-refractivity contribution >= 4 is 0 Å². The Morgan fingerprint density at radius 3 is 2.67 bits per heavy atom. The van der Waals surface area contributed by atoms with Crippen LogP contribution < -0.4 is 0 Å². The molecule has 1 fully saturated rings. The summed E-state index contributed by atoms with van der Waals surface area (Å²) in [5.41, 5.74) is 0. The van der Waals surface area contributed by atoms with E-state index < -0.39 is 0 Å². The molecule has 51 valence electrons. The van der Waals surface area contributed by atoms with E-state index in [1.807, 2.05) is 0 Å². The minimum Gasteiger partial charge on any atom is -0.482 e. The van der Waals surface area contributed by atoms with Crippen LogP contribution in [0.2, 0.25) is 0 Å². The van der Waals surface area contributed by atoms with Crippen molar-refractivity contribution in [1.82, 2.24) is 4.90 Å². The van der Waals surface area contributed by atoms with E-state index in [1.165, 1.54) is 19.3 Å². The second kappa shape index (κ2) is 4.81. The van der Waals surface area contributed by atoms with Crippen LogP contribution in [0.3, 0.4) is 0 Å². The Morgan fingerprint density at radius 1 is 1.67 bits per heavy atom. The molecule has 0 amide bonds. The third-order valence-corrected chi connectivity index (χ3v) is 1.73. The third kappa shape index (κ3) is 3.11. The molecule has 0 spiro atoms. The second-order valence-electron chi connectivity index (χ2n) is 2.43. The van der Waals surface area contributed by atoms with Gasteiger partial charge in [0.15, 0.2) is 0 Å². The van der Waals surface area contributed by atoms with Gasteiger partial charge in [-0.15, -0.1) is 6.04 Å². The summed E-state index contributed by atoms with van der Waals surface area (Å²) in [4.78, 5) is 2.20. The smallest absolute Gasteiger partial charge is 0 e. The summed E-state index contributed by atoms with van der Waals surface area (Å²) >= 11 is 0. The molecule has 1 saturated heterocycles. The van der Waals surface area contributed by atoms with Crippen LogP contribution in [0.5, 0.6) is 0 Å². The Morgan fingerprint density at radius 2 is 2.33 bits per heavy atom. The summed E-state index contributed by atoms with van der Waals surface area (Å²) in [6, 6.07) is 0.531. The molecule has 1 atom stereocenters. The average Bonchev–Trinajstić information content (AvgIpc) is 1.77. The van der Waals surface area contributed by atoms with Crippen molar-refractivity contribution in [1.29, 1.82) is 0 Å². The molecule has 1 rings (SSSR count). The predicted molar refractivity (Wildman–Crippen MR) is 35.1 cm³/mol. The summed E-state index contributed by atoms with van der Waals surface area (Å²) in [6.07, 6.45) is 3.81. The van der Waals surface area contributed by atoms with Gasteiger partial charge in [0.05, 0.1) is 0 Å². The molecule has 1 aliphatic rings. The summed E-state index contributed by atoms with van der Waals surface area (Å²) in [6.45, 7) is 6.20. The number of hydrogen-bond acceptors (Lipinski definition) is 1. The van der Waals surface area contributed by atoms with Crippen molar-refractivity contribution in [3.63, 3.8) is 0 Å². The molecule has 0 aliphatic carbocycles. The summed E-state index contributed by atoms with van der Waals surface area (Å²) in [7, 11) is 2.09. The molecule has 0 bridgehead atoms. The molecular weight excluding hydrogens is 187 g/mol. The van der Waals surface area contributed by atoms with E-state index >= 15 is 0 Å². The Kier molecular flexibility index (Phi) is 5.38. The Bertz CT molecular complexity index is 65.3. The van der Waals surface area contributed by atoms with Crippen LogP contribution in [-0.4, -0.2) is 18.0 Å². The average molecular weight is 200 g/mol. The molecule has 9 heavy (non-hydrogen) atoms. The van der Waals surface area contributed by atoms with Gasteiger partial charge >= 0.3 is 0 Å². The zero-order valence-corrected chi connectivity index (χ0v) is 8.85. The van der Waals surface area contributed by atoms with Gasteiger partial charge in [0.25, 0.3) is 0 Å². The molecule has 0 N–H and O–H groups in total. The van der Waals surface area contributed by atoms with Gasteiger partial charge in [-0.25, -0.2) is 0 Å². The minimum absolute atomic E-state index is 0. The fourth-order valence-corrected chi connectivity index (χ4v) is 1.00. The molecule has 0 aromatic carbocycles. The summed E-state index contributed by atoms with van der Waals surface area (Å²) in [5, 5.41) is 0. The summed E-state index contributed by atoms with van der Waals surface area (Å²) in [5.74, 6) is 0. The molecule has 1 nitrogen and oxygen atoms in total. The van der Waals surface area contributed by atoms with Crippen molar-refractivity contribution in [2.75, 3.05) is 7.05 Å². The quantitative estimate of drug-likeness (QED) is 0.535. The van der Waals surface area contributed by atoms with Crippen LogP contribution in [0, 0.1) is 13.5 Å². The van der Waals surface area contributed by atoms with Crippen molar-refractivity contribution in [2.24, 2.45) is 0 Å². The third-order valence-electron chi connectivity index (χ3n) is 1.73. The van der Waals surface area contributed by atoms with Crippen molar-refractivity contribution < 1.29 is 32.7 Å². The fraction of sp³-hybridized carbons (Fsp3) is 0.714. The number of rotatable bonds is 0. The minimum atomic E-state index is 0. The van der Waals surface area contributed by atoms with Crippen LogP contribution in [0.1, 0.15) is 19.3 Å². The van der Waals surface area contributed by atoms with E-state index in [9.17, 15) is 0 Å². The second-order valence-corrected chi connectivity index (χ2v) is 2.43. The van der Waals surface area contributed by atoms with E-state index in [1.54, 1.807) is 0 Å². The van der Waals surface area contributed by atoms with Crippen LogP contribution in [0.15, 0.2) is 0 Å². The van der Waals surface area contributed by atoms with Crippen molar-refractivity contribution in [3.05, 3.63) is 13.5 Å². The Balaban J connectivity index is 0.000000640. The van der Waals surface area contributed by atoms with E-state index in [-0.39, 0.29) is 32.7 Å². The standard InChI is InChI=1S/C7H13N.Y/c1-7-5-3-4-6-8(7)2;/h6-7H,1,3-5H2,2H3;/q-2;. The normalized spacial score (nSPS) is 29.3. The molecule has 1 aliphatic heterocycles. The van der Waals surface area contributed by atoms with Gasteiger partial charge in [-0.2, -0.15) is 6.42 Å². The first-order chi connectivity index (χ1) is 3.80. The molecule has 2 heteroatoms. The number of piperidine rings is 1. The van der Waals surface area contributed by atoms with Gasteiger partial charge < -0.3 is 11.8 Å². The van der Waals surface area contributed by atoms with Gasteiger partial charge in [0.1, 0.15) is 0 Å². The van der Waals surface area contributed by atoms with Gasteiger partial charge in [0.2, 0.25) is 0 Å². The topological polar surface area (TPSA) is 3.24 Å². The maximum Gasteiger partial charge on any atom is 0 e. The van der Waals surface area contributed by atoms with E-state index in [0.29, 0.717) is 6.04 Å². The zero-order chi connectivity index (χ0) is 5.98. The van der Waals surface area contributed by atoms with Crippen molar-refractivity contribution in [3.8, 4) is 0 Å². The van der Waals surface area contributed by atoms with Gasteiger partial charge in [-0.1, -0.05) is 12.8 Å². The van der Waals surface area contributed by atoms with Crippen LogP contribution in [0.25, 0.3) is 0 Å². The van der Waals surface area contributed by atoms with E-state index in [2.05, 4.69) is 25.4 Å². The molecule has 1 unspecified atom stereocenters. The molecule has 0 aromatic rings. The molecule has 0 saturated carbocycles. The van der Waals surface area contributed by atoms with Crippen LogP contribution in [0.4, 0.5) is 0 Å². The number of hydrogen-bond donors (Lipinski definition) is 0. The SMILES string of the molecule is [CH2-]C1CCC[CH-]N1C.[Y]. The number of likely N-dealkylation sites (tertiary alicyclic amines) is 1. The predicted octanol–water partition coefficient (Wildman–Crippen LogP) is 1.46. The zero-order valence-electron chi connectivity index (χ0n) is 6.01. The largest absolute Gasteiger partial charge is 0.482 e. The first kappa shape index (κ1) is 10.1. The Hall–Kier alpha value is 1.06. The van der Waals surface area contributed by atoms with Crippen LogP contribution >= 0.6 is 0 Å². The van der Waals surface area contributed by atoms with Crippen molar-refractivity contribution in [2.45, 2.75) is 25.3 Å². The van der Waals surface area contributed by atoms with Gasteiger partial charge in [-0.05, 0) is 7.05 Å². The molecular formula is C7H13NY-2. The first-order valence-electron chi connectivity index (χ1n) is 3.19. The van der Waals surface area contributed by atoms with Gasteiger partial charge in [0, 0.05) is 32.7 Å². The van der Waals surface area contributed by atoms with E-state index in [4.69, 9.17) is 0 Å². The summed E-state index contributed by atoms with van der Waals surface area (Å²) < 4.78 is 0. The molecule has 1 radical (unpaired) electrons. The van der Waals surface area contributed by atoms with Crippen LogP contribution in [-0.2, 0) is 32.7 Å². The van der Waals surface area contributed by atoms with Gasteiger partial charge in [-0.3, -0.25) is 6.54 Å². The molecule has 1 heterocycles. The Labute approximate surface area is 83.1 Å². The molecule has 0 aromatic heterocycles. The maximum atomic E-state index is 3.97.